The van der Waals surface area contributed by atoms with Gasteiger partial charge in [-0.1, -0.05) is 18.2 Å². The van der Waals surface area contributed by atoms with Gasteiger partial charge < -0.3 is 4.90 Å². The van der Waals surface area contributed by atoms with E-state index in [0.717, 1.165) is 23.5 Å². The highest BCUT2D eigenvalue weighted by Crippen LogP contribution is 2.29. The smallest absolute Gasteiger partial charge is 0.337 e. The third-order valence-electron chi connectivity index (χ3n) is 4.27. The molecule has 1 amide bonds. The second-order valence-corrected chi connectivity index (χ2v) is 9.23. The molecule has 10 heteroatoms. The molecule has 2 heterocycles. The lowest BCUT2D eigenvalue weighted by Crippen LogP contribution is -2.50. The van der Waals surface area contributed by atoms with Crippen molar-refractivity contribution in [3.05, 3.63) is 59.0 Å². The number of thiophene rings is 1. The van der Waals surface area contributed by atoms with Gasteiger partial charge in [0.2, 0.25) is 5.91 Å². The van der Waals surface area contributed by atoms with Gasteiger partial charge in [-0.25, -0.2) is 8.42 Å². The molecular weight excluding hydrogens is 413 g/mol. The Morgan fingerprint density at radius 1 is 1.07 bits per heavy atom. The number of piperazine rings is 1. The summed E-state index contributed by atoms with van der Waals surface area (Å²) in [4.78, 5) is 13.8. The van der Waals surface area contributed by atoms with Crippen molar-refractivity contribution in [1.29, 1.82) is 0 Å². The molecule has 28 heavy (non-hydrogen) atoms. The number of alkyl halides is 3. The van der Waals surface area contributed by atoms with E-state index < -0.39 is 21.8 Å². The van der Waals surface area contributed by atoms with Gasteiger partial charge in [-0.3, -0.25) is 4.79 Å². The minimum absolute atomic E-state index is 0.170. The van der Waals surface area contributed by atoms with E-state index in [1.165, 1.54) is 39.6 Å². The summed E-state index contributed by atoms with van der Waals surface area (Å²) < 4.78 is 64.8. The summed E-state index contributed by atoms with van der Waals surface area (Å²) >= 11 is 1.14. The SMILES string of the molecule is O=C(/C=C/c1cccc(C(F)(F)F)c1)N1CCN(S(=O)(=O)c2cccs2)CC1. The van der Waals surface area contributed by atoms with Crippen LogP contribution >= 0.6 is 11.3 Å². The lowest BCUT2D eigenvalue weighted by molar-refractivity contribution is -0.137. The van der Waals surface area contributed by atoms with Crippen molar-refractivity contribution < 1.29 is 26.4 Å². The van der Waals surface area contributed by atoms with Crippen molar-refractivity contribution in [3.63, 3.8) is 0 Å². The summed E-state index contributed by atoms with van der Waals surface area (Å²) in [6.07, 6.45) is -1.91. The van der Waals surface area contributed by atoms with Gasteiger partial charge in [-0.15, -0.1) is 11.3 Å². The van der Waals surface area contributed by atoms with E-state index in [1.54, 1.807) is 11.4 Å². The van der Waals surface area contributed by atoms with Crippen LogP contribution in [0.15, 0.2) is 52.1 Å². The summed E-state index contributed by atoms with van der Waals surface area (Å²) in [5, 5.41) is 1.69. The van der Waals surface area contributed by atoms with Crippen LogP contribution in [0.2, 0.25) is 0 Å². The Bertz CT molecular complexity index is 962. The number of halogens is 3. The summed E-state index contributed by atoms with van der Waals surface area (Å²) in [6.45, 7) is 0.777. The Hall–Kier alpha value is -2.17. The van der Waals surface area contributed by atoms with Crippen LogP contribution in [0.5, 0.6) is 0 Å². The summed E-state index contributed by atoms with van der Waals surface area (Å²) in [7, 11) is -3.55. The van der Waals surface area contributed by atoms with E-state index in [0.29, 0.717) is 0 Å². The maximum absolute atomic E-state index is 12.7. The highest BCUT2D eigenvalue weighted by Gasteiger charge is 2.31. The molecule has 0 radical (unpaired) electrons. The molecule has 0 spiro atoms. The van der Waals surface area contributed by atoms with Crippen molar-refractivity contribution in [2.75, 3.05) is 26.2 Å². The van der Waals surface area contributed by atoms with Crippen LogP contribution in [0.25, 0.3) is 6.08 Å². The van der Waals surface area contributed by atoms with Crippen molar-refractivity contribution in [2.45, 2.75) is 10.4 Å². The first-order chi connectivity index (χ1) is 13.2. The predicted molar refractivity (Wildman–Crippen MR) is 100 cm³/mol. The van der Waals surface area contributed by atoms with Gasteiger partial charge in [0.05, 0.1) is 5.56 Å². The Balaban J connectivity index is 1.61. The molecule has 0 N–H and O–H groups in total. The molecule has 1 fully saturated rings. The van der Waals surface area contributed by atoms with Gasteiger partial charge in [0.15, 0.2) is 0 Å². The standard InChI is InChI=1S/C18H17F3N2O3S2/c19-18(20,21)15-4-1-3-14(13-15)6-7-16(24)22-8-10-23(11-9-22)28(25,26)17-5-2-12-27-17/h1-7,12-13H,8-11H2/b7-6+. The van der Waals surface area contributed by atoms with Crippen LogP contribution in [-0.2, 0) is 21.0 Å². The first-order valence-corrected chi connectivity index (χ1v) is 10.7. The van der Waals surface area contributed by atoms with Gasteiger partial charge in [0, 0.05) is 32.3 Å². The van der Waals surface area contributed by atoms with E-state index in [4.69, 9.17) is 0 Å². The Kier molecular flexibility index (Phi) is 5.92. The van der Waals surface area contributed by atoms with E-state index in [2.05, 4.69) is 0 Å². The molecule has 1 aromatic carbocycles. The van der Waals surface area contributed by atoms with Crippen molar-refractivity contribution in [3.8, 4) is 0 Å². The molecule has 0 aliphatic carbocycles. The fourth-order valence-electron chi connectivity index (χ4n) is 2.78. The molecule has 1 aliphatic heterocycles. The lowest BCUT2D eigenvalue weighted by atomic mass is 10.1. The van der Waals surface area contributed by atoms with Crippen LogP contribution in [-0.4, -0.2) is 49.7 Å². The van der Waals surface area contributed by atoms with Crippen molar-refractivity contribution in [1.82, 2.24) is 9.21 Å². The fourth-order valence-corrected chi connectivity index (χ4v) is 5.34. The highest BCUT2D eigenvalue weighted by atomic mass is 32.2. The van der Waals surface area contributed by atoms with Gasteiger partial charge in [0.1, 0.15) is 4.21 Å². The second kappa shape index (κ2) is 8.06. The van der Waals surface area contributed by atoms with E-state index in [-0.39, 0.29) is 41.9 Å². The van der Waals surface area contributed by atoms with Crippen molar-refractivity contribution in [2.24, 2.45) is 0 Å². The zero-order valence-corrected chi connectivity index (χ0v) is 16.2. The van der Waals surface area contributed by atoms with Gasteiger partial charge >= 0.3 is 6.18 Å². The van der Waals surface area contributed by atoms with Crippen LogP contribution in [0.1, 0.15) is 11.1 Å². The minimum Gasteiger partial charge on any atom is -0.337 e. The van der Waals surface area contributed by atoms with Crippen LogP contribution in [0, 0.1) is 0 Å². The average molecular weight is 430 g/mol. The molecule has 1 aliphatic rings. The van der Waals surface area contributed by atoms with E-state index >= 15 is 0 Å². The molecule has 150 valence electrons. The van der Waals surface area contributed by atoms with Crippen LogP contribution in [0.4, 0.5) is 13.2 Å². The zero-order valence-electron chi connectivity index (χ0n) is 14.6. The average Bonchev–Trinajstić information content (AvgIpc) is 3.21. The zero-order chi connectivity index (χ0) is 20.4. The third-order valence-corrected chi connectivity index (χ3v) is 7.54. The number of sulfonamides is 1. The van der Waals surface area contributed by atoms with Gasteiger partial charge in [0.25, 0.3) is 10.0 Å². The van der Waals surface area contributed by atoms with Gasteiger partial charge in [-0.05, 0) is 35.2 Å². The quantitative estimate of drug-likeness (QED) is 0.700. The fraction of sp³-hybridized carbons (Fsp3) is 0.278. The number of hydrogen-bond acceptors (Lipinski definition) is 4. The lowest BCUT2D eigenvalue weighted by Gasteiger charge is -2.33. The van der Waals surface area contributed by atoms with Gasteiger partial charge in [-0.2, -0.15) is 17.5 Å². The number of amides is 1. The molecule has 0 atom stereocenters. The molecular formula is C18H17F3N2O3S2. The third kappa shape index (κ3) is 4.62. The number of hydrogen-bond donors (Lipinski definition) is 0. The summed E-state index contributed by atoms with van der Waals surface area (Å²) in [5.74, 6) is -0.370. The Labute approximate surface area is 164 Å². The highest BCUT2D eigenvalue weighted by molar-refractivity contribution is 7.91. The number of carbonyl (C=O) groups excluding carboxylic acids is 1. The minimum atomic E-state index is -4.45. The maximum Gasteiger partial charge on any atom is 0.416 e. The molecule has 0 bridgehead atoms. The summed E-state index contributed by atoms with van der Waals surface area (Å²) in [5.41, 5.74) is -0.517. The van der Waals surface area contributed by atoms with Crippen LogP contribution < -0.4 is 0 Å². The number of carbonyl (C=O) groups is 1. The Morgan fingerprint density at radius 2 is 1.79 bits per heavy atom. The normalized spacial score (nSPS) is 16.6. The van der Waals surface area contributed by atoms with E-state index in [1.807, 2.05) is 0 Å². The largest absolute Gasteiger partial charge is 0.416 e. The van der Waals surface area contributed by atoms with Crippen molar-refractivity contribution >= 4 is 33.3 Å². The maximum atomic E-state index is 12.7. The number of rotatable bonds is 4. The first-order valence-electron chi connectivity index (χ1n) is 8.36. The molecule has 3 rings (SSSR count). The molecule has 2 aromatic rings. The molecule has 5 nitrogen and oxygen atoms in total. The molecule has 0 unspecified atom stereocenters. The monoisotopic (exact) mass is 430 g/mol. The predicted octanol–water partition coefficient (Wildman–Crippen LogP) is 3.31. The topological polar surface area (TPSA) is 57.7 Å². The Morgan fingerprint density at radius 3 is 2.39 bits per heavy atom. The first kappa shape index (κ1) is 20.6. The molecule has 0 saturated carbocycles. The second-order valence-electron chi connectivity index (χ2n) is 6.12. The molecule has 1 aromatic heterocycles. The summed E-state index contributed by atoms with van der Waals surface area (Å²) in [6, 6.07) is 7.89. The van der Waals surface area contributed by atoms with E-state index in [9.17, 15) is 26.4 Å². The van der Waals surface area contributed by atoms with Crippen LogP contribution in [0.3, 0.4) is 0 Å². The molecule has 1 saturated heterocycles. The number of nitrogens with zero attached hydrogens (tertiary/aromatic N) is 2. The number of benzene rings is 1.